The molecule has 25 heavy (non-hydrogen) atoms. The van der Waals surface area contributed by atoms with Crippen LogP contribution in [0.4, 0.5) is 0 Å². The fourth-order valence-corrected chi connectivity index (χ4v) is 5.27. The van der Waals surface area contributed by atoms with E-state index < -0.39 is 10.0 Å². The van der Waals surface area contributed by atoms with Crippen molar-refractivity contribution in [3.63, 3.8) is 0 Å². The van der Waals surface area contributed by atoms with E-state index in [0.29, 0.717) is 23.9 Å². The summed E-state index contributed by atoms with van der Waals surface area (Å²) in [5.74, 6) is 0.456. The summed E-state index contributed by atoms with van der Waals surface area (Å²) >= 11 is 1.75. The zero-order chi connectivity index (χ0) is 17.9. The molecule has 1 fully saturated rings. The lowest BCUT2D eigenvalue weighted by Crippen LogP contribution is -2.48. The first-order valence-electron chi connectivity index (χ1n) is 8.85. The Balaban J connectivity index is 1.63. The molecule has 0 amide bonds. The van der Waals surface area contributed by atoms with Crippen molar-refractivity contribution in [3.05, 3.63) is 52.2 Å². The number of hydrogen-bond donors (Lipinski definition) is 0. The maximum absolute atomic E-state index is 12.9. The van der Waals surface area contributed by atoms with E-state index in [-0.39, 0.29) is 0 Å². The van der Waals surface area contributed by atoms with Gasteiger partial charge in [0.15, 0.2) is 0 Å². The van der Waals surface area contributed by atoms with E-state index in [0.717, 1.165) is 26.1 Å². The van der Waals surface area contributed by atoms with Gasteiger partial charge >= 0.3 is 0 Å². The van der Waals surface area contributed by atoms with Crippen molar-refractivity contribution < 1.29 is 8.42 Å². The second-order valence-electron chi connectivity index (χ2n) is 6.64. The highest BCUT2D eigenvalue weighted by atomic mass is 32.2. The lowest BCUT2D eigenvalue weighted by molar-refractivity contribution is 0.183. The standard InChI is InChI=1S/C19H26N2O2S2/c1-3-16(2)17-6-8-19(9-7-17)25(22,23)21-12-10-20(11-13-21)15-18-5-4-14-24-18/h4-9,14,16H,3,10-13,15H2,1-2H3/t16-/m1/s1. The van der Waals surface area contributed by atoms with Gasteiger partial charge in [0.1, 0.15) is 0 Å². The summed E-state index contributed by atoms with van der Waals surface area (Å²) in [5, 5.41) is 2.08. The minimum absolute atomic E-state index is 0.409. The molecule has 0 N–H and O–H groups in total. The van der Waals surface area contributed by atoms with Crippen LogP contribution < -0.4 is 0 Å². The molecule has 1 saturated heterocycles. The van der Waals surface area contributed by atoms with Gasteiger partial charge in [0.25, 0.3) is 0 Å². The lowest BCUT2D eigenvalue weighted by Gasteiger charge is -2.33. The van der Waals surface area contributed by atoms with E-state index in [1.54, 1.807) is 27.8 Å². The molecule has 0 spiro atoms. The molecule has 0 radical (unpaired) electrons. The van der Waals surface area contributed by atoms with Crippen LogP contribution in [0.3, 0.4) is 0 Å². The van der Waals surface area contributed by atoms with Crippen molar-refractivity contribution in [2.75, 3.05) is 26.2 Å². The molecule has 136 valence electrons. The molecule has 0 aliphatic carbocycles. The highest BCUT2D eigenvalue weighted by molar-refractivity contribution is 7.89. The first-order chi connectivity index (χ1) is 12.0. The van der Waals surface area contributed by atoms with Crippen LogP contribution in [0, 0.1) is 0 Å². The molecule has 1 aromatic carbocycles. The Kier molecular flexibility index (Phi) is 5.94. The van der Waals surface area contributed by atoms with Crippen LogP contribution in [0.2, 0.25) is 0 Å². The van der Waals surface area contributed by atoms with Crippen LogP contribution in [0.15, 0.2) is 46.7 Å². The quantitative estimate of drug-likeness (QED) is 0.768. The van der Waals surface area contributed by atoms with E-state index in [2.05, 4.69) is 36.3 Å². The number of sulfonamides is 1. The van der Waals surface area contributed by atoms with Crippen LogP contribution in [-0.4, -0.2) is 43.8 Å². The molecular weight excluding hydrogens is 352 g/mol. The summed E-state index contributed by atoms with van der Waals surface area (Å²) in [4.78, 5) is 4.06. The van der Waals surface area contributed by atoms with Gasteiger partial charge in [-0.2, -0.15) is 4.31 Å². The van der Waals surface area contributed by atoms with Crippen LogP contribution in [-0.2, 0) is 16.6 Å². The van der Waals surface area contributed by atoms with Gasteiger partial charge in [-0.3, -0.25) is 4.90 Å². The molecule has 4 nitrogen and oxygen atoms in total. The number of nitrogens with zero attached hydrogens (tertiary/aromatic N) is 2. The normalized spacial score (nSPS) is 18.3. The maximum atomic E-state index is 12.9. The summed E-state index contributed by atoms with van der Waals surface area (Å²) < 4.78 is 27.4. The van der Waals surface area contributed by atoms with Crippen LogP contribution in [0.1, 0.15) is 36.6 Å². The summed E-state index contributed by atoms with van der Waals surface area (Å²) in [7, 11) is -3.39. The van der Waals surface area contributed by atoms with Crippen molar-refractivity contribution >= 4 is 21.4 Å². The van der Waals surface area contributed by atoms with Gasteiger partial charge in [-0.15, -0.1) is 11.3 Å². The van der Waals surface area contributed by atoms with E-state index in [9.17, 15) is 8.42 Å². The Bertz CT molecular complexity index is 762. The topological polar surface area (TPSA) is 40.6 Å². The smallest absolute Gasteiger partial charge is 0.243 e. The monoisotopic (exact) mass is 378 g/mol. The molecule has 6 heteroatoms. The summed E-state index contributed by atoms with van der Waals surface area (Å²) in [6.45, 7) is 7.89. The first kappa shape index (κ1) is 18.6. The number of rotatable bonds is 6. The minimum Gasteiger partial charge on any atom is -0.296 e. The first-order valence-corrected chi connectivity index (χ1v) is 11.2. The van der Waals surface area contributed by atoms with Crippen LogP contribution in [0.25, 0.3) is 0 Å². The Morgan fingerprint density at radius 1 is 1.08 bits per heavy atom. The van der Waals surface area contributed by atoms with Crippen molar-refractivity contribution in [2.45, 2.75) is 37.6 Å². The van der Waals surface area contributed by atoms with E-state index >= 15 is 0 Å². The van der Waals surface area contributed by atoms with Crippen LogP contribution in [0.5, 0.6) is 0 Å². The van der Waals surface area contributed by atoms with Gasteiger partial charge in [0, 0.05) is 37.6 Å². The zero-order valence-electron chi connectivity index (χ0n) is 14.9. The van der Waals surface area contributed by atoms with Gasteiger partial charge in [0.2, 0.25) is 10.0 Å². The number of benzene rings is 1. The van der Waals surface area contributed by atoms with E-state index in [1.807, 2.05) is 12.1 Å². The van der Waals surface area contributed by atoms with Crippen LogP contribution >= 0.6 is 11.3 Å². The highest BCUT2D eigenvalue weighted by Crippen LogP contribution is 2.23. The third kappa shape index (κ3) is 4.31. The molecule has 1 aliphatic heterocycles. The third-order valence-electron chi connectivity index (χ3n) is 4.99. The summed E-state index contributed by atoms with van der Waals surface area (Å²) in [5.41, 5.74) is 1.20. The second-order valence-corrected chi connectivity index (χ2v) is 9.61. The molecule has 0 saturated carbocycles. The third-order valence-corrected chi connectivity index (χ3v) is 7.76. The molecule has 1 atom stereocenters. The van der Waals surface area contributed by atoms with Gasteiger partial charge in [-0.1, -0.05) is 32.0 Å². The average molecular weight is 379 g/mol. The number of thiophene rings is 1. The van der Waals surface area contributed by atoms with E-state index in [1.165, 1.54) is 10.4 Å². The van der Waals surface area contributed by atoms with Crippen molar-refractivity contribution in [1.29, 1.82) is 0 Å². The largest absolute Gasteiger partial charge is 0.296 e. The molecular formula is C19H26N2O2S2. The second kappa shape index (κ2) is 7.99. The predicted octanol–water partition coefficient (Wildman–Crippen LogP) is 3.77. The van der Waals surface area contributed by atoms with Crippen molar-refractivity contribution in [1.82, 2.24) is 9.21 Å². The Morgan fingerprint density at radius 3 is 2.32 bits per heavy atom. The number of piperazine rings is 1. The highest BCUT2D eigenvalue weighted by Gasteiger charge is 2.28. The Labute approximate surface area is 155 Å². The minimum atomic E-state index is -3.39. The summed E-state index contributed by atoms with van der Waals surface area (Å²) in [6.07, 6.45) is 1.05. The fraction of sp³-hybridized carbons (Fsp3) is 0.474. The lowest BCUT2D eigenvalue weighted by atomic mass is 9.99. The average Bonchev–Trinajstić information content (AvgIpc) is 3.14. The van der Waals surface area contributed by atoms with Gasteiger partial charge in [-0.05, 0) is 41.5 Å². The predicted molar refractivity (Wildman–Crippen MR) is 104 cm³/mol. The zero-order valence-corrected chi connectivity index (χ0v) is 16.5. The van der Waals surface area contributed by atoms with Gasteiger partial charge < -0.3 is 0 Å². The Morgan fingerprint density at radius 2 is 1.76 bits per heavy atom. The molecule has 2 heterocycles. The fourth-order valence-electron chi connectivity index (χ4n) is 3.10. The number of hydrogen-bond acceptors (Lipinski definition) is 4. The van der Waals surface area contributed by atoms with Crippen molar-refractivity contribution in [2.24, 2.45) is 0 Å². The van der Waals surface area contributed by atoms with Gasteiger partial charge in [0.05, 0.1) is 4.90 Å². The molecule has 3 rings (SSSR count). The molecule has 2 aromatic rings. The van der Waals surface area contributed by atoms with E-state index in [4.69, 9.17) is 0 Å². The van der Waals surface area contributed by atoms with Crippen molar-refractivity contribution in [3.8, 4) is 0 Å². The maximum Gasteiger partial charge on any atom is 0.243 e. The molecule has 1 aliphatic rings. The SMILES string of the molecule is CC[C@@H](C)c1ccc(S(=O)(=O)N2CCN(Cc3cccs3)CC2)cc1. The molecule has 0 unspecified atom stereocenters. The Hall–Kier alpha value is -1.21. The van der Waals surface area contributed by atoms with Gasteiger partial charge in [-0.25, -0.2) is 8.42 Å². The summed E-state index contributed by atoms with van der Waals surface area (Å²) in [6, 6.07) is 11.6. The molecule has 1 aromatic heterocycles. The molecule has 0 bridgehead atoms.